The quantitative estimate of drug-likeness (QED) is 0.303. The summed E-state index contributed by atoms with van der Waals surface area (Å²) in [6, 6.07) is 9.48. The van der Waals surface area contributed by atoms with Gasteiger partial charge in [-0.15, -0.1) is 0 Å². The number of nitrogen functional groups attached to an aromatic ring is 1. The number of hydrazone groups is 1. The molecule has 0 bridgehead atoms. The fraction of sp³-hybridized carbons (Fsp3) is 0. The first-order valence-electron chi connectivity index (χ1n) is 7.49. The highest BCUT2D eigenvalue weighted by atomic mass is 16.6. The number of nitrogens with one attached hydrogen (secondary N) is 1. The van der Waals surface area contributed by atoms with Crippen molar-refractivity contribution >= 4 is 34.8 Å². The van der Waals surface area contributed by atoms with E-state index in [4.69, 9.17) is 10.2 Å². The molecule has 12 nitrogen and oxygen atoms in total. The Labute approximate surface area is 149 Å². The van der Waals surface area contributed by atoms with Gasteiger partial charge in [0.2, 0.25) is 11.3 Å². The minimum atomic E-state index is -0.467. The molecule has 4 aromatic rings. The SMILES string of the molecule is Nc1nc2nonc2nc1NN=Cc1ccc(-c2cccc([N+](=O)[O-])c2)o1. The monoisotopic (exact) mass is 366 g/mol. The molecule has 0 saturated heterocycles. The Kier molecular flexibility index (Phi) is 3.89. The molecular formula is C15H10N8O4. The van der Waals surface area contributed by atoms with Crippen LogP contribution in [0, 0.1) is 10.1 Å². The van der Waals surface area contributed by atoms with Crippen molar-refractivity contribution in [3.05, 3.63) is 52.3 Å². The second-order valence-corrected chi connectivity index (χ2v) is 5.25. The van der Waals surface area contributed by atoms with Gasteiger partial charge in [-0.25, -0.2) is 9.61 Å². The van der Waals surface area contributed by atoms with E-state index in [-0.39, 0.29) is 28.6 Å². The fourth-order valence-electron chi connectivity index (χ4n) is 2.24. The van der Waals surface area contributed by atoms with Crippen molar-refractivity contribution in [2.45, 2.75) is 0 Å². The second kappa shape index (κ2) is 6.51. The third kappa shape index (κ3) is 3.26. The number of hydrogen-bond donors (Lipinski definition) is 2. The minimum Gasteiger partial charge on any atom is -0.455 e. The summed E-state index contributed by atoms with van der Waals surface area (Å²) in [5.74, 6) is 1.14. The van der Waals surface area contributed by atoms with Gasteiger partial charge >= 0.3 is 0 Å². The van der Waals surface area contributed by atoms with Crippen LogP contribution < -0.4 is 11.2 Å². The first kappa shape index (κ1) is 16.1. The molecule has 0 fully saturated rings. The summed E-state index contributed by atoms with van der Waals surface area (Å²) in [5, 5.41) is 21.9. The highest BCUT2D eigenvalue weighted by Crippen LogP contribution is 2.25. The molecule has 3 N–H and O–H groups in total. The smallest absolute Gasteiger partial charge is 0.270 e. The van der Waals surface area contributed by atoms with Crippen molar-refractivity contribution in [1.29, 1.82) is 0 Å². The van der Waals surface area contributed by atoms with Crippen LogP contribution in [0.5, 0.6) is 0 Å². The van der Waals surface area contributed by atoms with E-state index in [2.05, 4.69) is 35.4 Å². The topological polar surface area (TPSA) is 171 Å². The van der Waals surface area contributed by atoms with Crippen LogP contribution in [0.2, 0.25) is 0 Å². The maximum absolute atomic E-state index is 10.9. The predicted octanol–water partition coefficient (Wildman–Crippen LogP) is 2.21. The normalized spacial score (nSPS) is 11.3. The Morgan fingerprint density at radius 3 is 2.81 bits per heavy atom. The standard InChI is InChI=1S/C15H10N8O4/c16-12-13(19-15-14(18-12)21-27-22-15)20-17-7-10-4-5-11(26-10)8-2-1-3-9(6-8)23(24)25/h1-7H,(H2,16,18,21)(H,19,20,22). The van der Waals surface area contributed by atoms with E-state index in [0.717, 1.165) is 0 Å². The average molecular weight is 366 g/mol. The van der Waals surface area contributed by atoms with Crippen LogP contribution in [0.25, 0.3) is 22.6 Å². The molecule has 1 aromatic carbocycles. The summed E-state index contributed by atoms with van der Waals surface area (Å²) in [7, 11) is 0. The zero-order valence-electron chi connectivity index (χ0n) is 13.4. The Morgan fingerprint density at radius 1 is 1.19 bits per heavy atom. The van der Waals surface area contributed by atoms with E-state index in [0.29, 0.717) is 17.1 Å². The molecule has 4 rings (SSSR count). The van der Waals surface area contributed by atoms with Crippen LogP contribution in [0.4, 0.5) is 17.3 Å². The van der Waals surface area contributed by atoms with Gasteiger partial charge in [0.25, 0.3) is 5.69 Å². The Hall–Kier alpha value is -4.35. The molecule has 0 aliphatic rings. The molecule has 0 spiro atoms. The zero-order chi connectivity index (χ0) is 18.8. The summed E-state index contributed by atoms with van der Waals surface area (Å²) in [4.78, 5) is 18.4. The van der Waals surface area contributed by atoms with Crippen molar-refractivity contribution in [2.75, 3.05) is 11.2 Å². The molecule has 0 radical (unpaired) electrons. The number of aromatic nitrogens is 4. The van der Waals surface area contributed by atoms with Gasteiger partial charge in [-0.3, -0.25) is 15.5 Å². The van der Waals surface area contributed by atoms with E-state index in [1.807, 2.05) is 0 Å². The number of nitro benzene ring substituents is 1. The number of nitrogens with zero attached hydrogens (tertiary/aromatic N) is 6. The number of benzene rings is 1. The van der Waals surface area contributed by atoms with E-state index in [1.54, 1.807) is 24.3 Å². The number of nitrogens with two attached hydrogens (primary N) is 1. The number of non-ortho nitro benzene ring substituents is 1. The van der Waals surface area contributed by atoms with Gasteiger partial charge in [0.1, 0.15) is 11.5 Å². The van der Waals surface area contributed by atoms with E-state index < -0.39 is 4.92 Å². The molecule has 134 valence electrons. The third-order valence-corrected chi connectivity index (χ3v) is 3.47. The minimum absolute atomic E-state index is 0.0208. The first-order chi connectivity index (χ1) is 13.1. The third-order valence-electron chi connectivity index (χ3n) is 3.47. The van der Waals surface area contributed by atoms with Crippen molar-refractivity contribution in [3.8, 4) is 11.3 Å². The molecule has 27 heavy (non-hydrogen) atoms. The highest BCUT2D eigenvalue weighted by molar-refractivity contribution is 5.79. The number of anilines is 2. The van der Waals surface area contributed by atoms with Crippen LogP contribution in [0.3, 0.4) is 0 Å². The summed E-state index contributed by atoms with van der Waals surface area (Å²) in [5.41, 5.74) is 9.31. The van der Waals surface area contributed by atoms with Gasteiger partial charge in [0.15, 0.2) is 11.6 Å². The van der Waals surface area contributed by atoms with Crippen molar-refractivity contribution in [2.24, 2.45) is 5.10 Å². The Morgan fingerprint density at radius 2 is 2.00 bits per heavy atom. The van der Waals surface area contributed by atoms with Gasteiger partial charge in [-0.2, -0.15) is 10.1 Å². The fourth-order valence-corrected chi connectivity index (χ4v) is 2.24. The number of hydrogen-bond acceptors (Lipinski definition) is 11. The van der Waals surface area contributed by atoms with Gasteiger partial charge in [0, 0.05) is 17.7 Å². The van der Waals surface area contributed by atoms with Gasteiger partial charge in [-0.05, 0) is 22.4 Å². The predicted molar refractivity (Wildman–Crippen MR) is 93.8 cm³/mol. The van der Waals surface area contributed by atoms with Gasteiger partial charge in [-0.1, -0.05) is 12.1 Å². The molecule has 0 aliphatic carbocycles. The van der Waals surface area contributed by atoms with Crippen LogP contribution in [0.1, 0.15) is 5.76 Å². The van der Waals surface area contributed by atoms with Crippen molar-refractivity contribution in [1.82, 2.24) is 20.3 Å². The molecular weight excluding hydrogens is 356 g/mol. The lowest BCUT2D eigenvalue weighted by Crippen LogP contribution is -2.02. The molecule has 0 saturated carbocycles. The van der Waals surface area contributed by atoms with E-state index >= 15 is 0 Å². The van der Waals surface area contributed by atoms with E-state index in [1.165, 1.54) is 18.3 Å². The number of fused-ring (bicyclic) bond motifs is 1. The average Bonchev–Trinajstić information content (AvgIpc) is 3.31. The molecule has 0 atom stereocenters. The largest absolute Gasteiger partial charge is 0.455 e. The zero-order valence-corrected chi connectivity index (χ0v) is 13.4. The Bertz CT molecular complexity index is 1170. The van der Waals surface area contributed by atoms with Crippen molar-refractivity contribution in [3.63, 3.8) is 0 Å². The van der Waals surface area contributed by atoms with E-state index in [9.17, 15) is 10.1 Å². The second-order valence-electron chi connectivity index (χ2n) is 5.25. The molecule has 0 unspecified atom stereocenters. The van der Waals surface area contributed by atoms with Crippen LogP contribution in [0.15, 0.2) is 50.5 Å². The Balaban J connectivity index is 1.51. The summed E-state index contributed by atoms with van der Waals surface area (Å²) < 4.78 is 10.1. The molecule has 3 aromatic heterocycles. The molecule has 0 amide bonds. The van der Waals surface area contributed by atoms with Crippen LogP contribution in [-0.4, -0.2) is 31.4 Å². The lowest BCUT2D eigenvalue weighted by molar-refractivity contribution is -0.384. The lowest BCUT2D eigenvalue weighted by Gasteiger charge is -2.00. The number of nitro groups is 1. The first-order valence-corrected chi connectivity index (χ1v) is 7.49. The maximum Gasteiger partial charge on any atom is 0.270 e. The summed E-state index contributed by atoms with van der Waals surface area (Å²) in [6.45, 7) is 0. The number of furan rings is 1. The van der Waals surface area contributed by atoms with Crippen molar-refractivity contribution < 1.29 is 14.0 Å². The van der Waals surface area contributed by atoms with Crippen LogP contribution in [-0.2, 0) is 0 Å². The summed E-state index contributed by atoms with van der Waals surface area (Å²) in [6.07, 6.45) is 1.40. The lowest BCUT2D eigenvalue weighted by atomic mass is 10.1. The summed E-state index contributed by atoms with van der Waals surface area (Å²) >= 11 is 0. The molecule has 3 heterocycles. The van der Waals surface area contributed by atoms with Gasteiger partial charge in [0.05, 0.1) is 11.1 Å². The molecule has 12 heteroatoms. The highest BCUT2D eigenvalue weighted by Gasteiger charge is 2.11. The van der Waals surface area contributed by atoms with Gasteiger partial charge < -0.3 is 10.2 Å². The van der Waals surface area contributed by atoms with Crippen LogP contribution >= 0.6 is 0 Å². The molecule has 0 aliphatic heterocycles. The number of rotatable bonds is 5. The maximum atomic E-state index is 10.9.